The van der Waals surface area contributed by atoms with E-state index in [1.54, 1.807) is 7.05 Å². The summed E-state index contributed by atoms with van der Waals surface area (Å²) < 4.78 is 1.94. The molecule has 0 aliphatic carbocycles. The lowest BCUT2D eigenvalue weighted by Gasteiger charge is -2.13. The van der Waals surface area contributed by atoms with E-state index in [-0.39, 0.29) is 24.0 Å². The first-order chi connectivity index (χ1) is 8.95. The van der Waals surface area contributed by atoms with Gasteiger partial charge in [-0.15, -0.1) is 24.0 Å². The van der Waals surface area contributed by atoms with Gasteiger partial charge in [-0.05, 0) is 31.7 Å². The Bertz CT molecular complexity index is 437. The normalized spacial score (nSPS) is 11.4. The highest BCUT2D eigenvalue weighted by molar-refractivity contribution is 14.0. The van der Waals surface area contributed by atoms with Crippen molar-refractivity contribution in [2.75, 3.05) is 20.1 Å². The molecule has 6 heteroatoms. The summed E-state index contributed by atoms with van der Waals surface area (Å²) in [6.07, 6.45) is 0.966. The molecule has 0 amide bonds. The zero-order chi connectivity index (χ0) is 14.4. The van der Waals surface area contributed by atoms with Crippen LogP contribution in [0.15, 0.2) is 4.99 Å². The van der Waals surface area contributed by atoms with Gasteiger partial charge in [0, 0.05) is 32.9 Å². The van der Waals surface area contributed by atoms with Crippen LogP contribution in [-0.4, -0.2) is 35.9 Å². The van der Waals surface area contributed by atoms with Crippen LogP contribution in [0.25, 0.3) is 0 Å². The summed E-state index contributed by atoms with van der Waals surface area (Å²) in [5.41, 5.74) is 3.69. The van der Waals surface area contributed by atoms with Crippen LogP contribution in [0.1, 0.15) is 30.8 Å². The second kappa shape index (κ2) is 9.20. The molecule has 0 atom stereocenters. The maximum absolute atomic E-state index is 4.43. The maximum atomic E-state index is 4.43. The summed E-state index contributed by atoms with van der Waals surface area (Å²) >= 11 is 0. The molecule has 116 valence electrons. The number of nitrogens with zero attached hydrogens (tertiary/aromatic N) is 3. The first kappa shape index (κ1) is 19.2. The van der Waals surface area contributed by atoms with Crippen molar-refractivity contribution in [1.29, 1.82) is 0 Å². The van der Waals surface area contributed by atoms with E-state index in [4.69, 9.17) is 0 Å². The maximum Gasteiger partial charge on any atom is 0.190 e. The SMILES string of the molecule is CN=C(NCCc1c(C)nn(C)c1C)NCC(C)C.I. The number of rotatable bonds is 5. The zero-order valence-corrected chi connectivity index (χ0v) is 15.8. The van der Waals surface area contributed by atoms with Gasteiger partial charge in [0.15, 0.2) is 5.96 Å². The first-order valence-electron chi connectivity index (χ1n) is 6.89. The van der Waals surface area contributed by atoms with Crippen molar-refractivity contribution in [3.8, 4) is 0 Å². The Morgan fingerprint density at radius 2 is 1.95 bits per heavy atom. The van der Waals surface area contributed by atoms with E-state index in [0.717, 1.165) is 31.2 Å². The Labute approximate surface area is 139 Å². The fourth-order valence-corrected chi connectivity index (χ4v) is 2.01. The standard InChI is InChI=1S/C14H27N5.HI/c1-10(2)9-17-14(15-5)16-8-7-13-11(3)18-19(6)12(13)4;/h10H,7-9H2,1-6H3,(H2,15,16,17);1H. The van der Waals surface area contributed by atoms with Crippen LogP contribution in [0, 0.1) is 19.8 Å². The molecule has 1 aromatic heterocycles. The third-order valence-corrected chi connectivity index (χ3v) is 3.23. The minimum atomic E-state index is 0. The largest absolute Gasteiger partial charge is 0.356 e. The smallest absolute Gasteiger partial charge is 0.190 e. The topological polar surface area (TPSA) is 54.2 Å². The van der Waals surface area contributed by atoms with Gasteiger partial charge in [-0.1, -0.05) is 13.8 Å². The Balaban J connectivity index is 0.00000361. The summed E-state index contributed by atoms with van der Waals surface area (Å²) in [6.45, 7) is 10.3. The molecule has 1 heterocycles. The second-order valence-electron chi connectivity index (χ2n) is 5.30. The van der Waals surface area contributed by atoms with Crippen molar-refractivity contribution >= 4 is 29.9 Å². The summed E-state index contributed by atoms with van der Waals surface area (Å²) in [6, 6.07) is 0. The van der Waals surface area contributed by atoms with Crippen molar-refractivity contribution < 1.29 is 0 Å². The van der Waals surface area contributed by atoms with Crippen molar-refractivity contribution in [2.24, 2.45) is 18.0 Å². The molecule has 0 fully saturated rings. The lowest BCUT2D eigenvalue weighted by molar-refractivity contribution is 0.614. The van der Waals surface area contributed by atoms with E-state index in [1.165, 1.54) is 11.3 Å². The van der Waals surface area contributed by atoms with E-state index in [1.807, 2.05) is 11.7 Å². The highest BCUT2D eigenvalue weighted by Gasteiger charge is 2.09. The summed E-state index contributed by atoms with van der Waals surface area (Å²) in [4.78, 5) is 4.21. The van der Waals surface area contributed by atoms with E-state index in [9.17, 15) is 0 Å². The average Bonchev–Trinajstić information content (AvgIpc) is 2.59. The zero-order valence-electron chi connectivity index (χ0n) is 13.4. The van der Waals surface area contributed by atoms with E-state index in [2.05, 4.69) is 48.4 Å². The third-order valence-electron chi connectivity index (χ3n) is 3.23. The van der Waals surface area contributed by atoms with Gasteiger partial charge in [0.25, 0.3) is 0 Å². The van der Waals surface area contributed by atoms with Crippen LogP contribution in [0.5, 0.6) is 0 Å². The lowest BCUT2D eigenvalue weighted by Crippen LogP contribution is -2.40. The molecule has 0 aliphatic rings. The molecular weight excluding hydrogens is 365 g/mol. The Morgan fingerprint density at radius 1 is 1.30 bits per heavy atom. The number of aryl methyl sites for hydroxylation is 2. The molecule has 0 bridgehead atoms. The number of hydrogen-bond donors (Lipinski definition) is 2. The molecule has 20 heavy (non-hydrogen) atoms. The molecule has 0 radical (unpaired) electrons. The average molecular weight is 393 g/mol. The number of halogens is 1. The molecule has 0 unspecified atom stereocenters. The van der Waals surface area contributed by atoms with Gasteiger partial charge in [-0.2, -0.15) is 5.10 Å². The predicted molar refractivity (Wildman–Crippen MR) is 96.0 cm³/mol. The number of nitrogens with one attached hydrogen (secondary N) is 2. The minimum absolute atomic E-state index is 0. The Hall–Kier alpha value is -0.790. The summed E-state index contributed by atoms with van der Waals surface area (Å²) in [7, 11) is 3.79. The molecular formula is C14H28IN5. The molecule has 1 rings (SSSR count). The second-order valence-corrected chi connectivity index (χ2v) is 5.30. The van der Waals surface area contributed by atoms with E-state index in [0.29, 0.717) is 5.92 Å². The van der Waals surface area contributed by atoms with Gasteiger partial charge in [0.2, 0.25) is 0 Å². The van der Waals surface area contributed by atoms with Crippen LogP contribution >= 0.6 is 24.0 Å². The van der Waals surface area contributed by atoms with Crippen molar-refractivity contribution in [2.45, 2.75) is 34.1 Å². The van der Waals surface area contributed by atoms with Crippen molar-refractivity contribution in [1.82, 2.24) is 20.4 Å². The van der Waals surface area contributed by atoms with Gasteiger partial charge in [-0.3, -0.25) is 9.67 Å². The van der Waals surface area contributed by atoms with Gasteiger partial charge in [0.05, 0.1) is 5.69 Å². The molecule has 0 saturated carbocycles. The van der Waals surface area contributed by atoms with Crippen molar-refractivity contribution in [3.05, 3.63) is 17.0 Å². The lowest BCUT2D eigenvalue weighted by atomic mass is 10.1. The molecule has 2 N–H and O–H groups in total. The Kier molecular flexibility index (Phi) is 8.84. The van der Waals surface area contributed by atoms with Crippen LogP contribution < -0.4 is 10.6 Å². The summed E-state index contributed by atoms with van der Waals surface area (Å²) in [5.74, 6) is 1.48. The van der Waals surface area contributed by atoms with Gasteiger partial charge in [0.1, 0.15) is 0 Å². The molecule has 1 aromatic rings. The quantitative estimate of drug-likeness (QED) is 0.457. The fraction of sp³-hybridized carbons (Fsp3) is 0.714. The minimum Gasteiger partial charge on any atom is -0.356 e. The molecule has 5 nitrogen and oxygen atoms in total. The van der Waals surface area contributed by atoms with Crippen LogP contribution in [0.4, 0.5) is 0 Å². The van der Waals surface area contributed by atoms with Gasteiger partial charge >= 0.3 is 0 Å². The molecule has 0 aromatic carbocycles. The molecule has 0 aliphatic heterocycles. The number of aromatic nitrogens is 2. The van der Waals surface area contributed by atoms with Crippen molar-refractivity contribution in [3.63, 3.8) is 0 Å². The summed E-state index contributed by atoms with van der Waals surface area (Å²) in [5, 5.41) is 11.1. The van der Waals surface area contributed by atoms with Gasteiger partial charge in [-0.25, -0.2) is 0 Å². The predicted octanol–water partition coefficient (Wildman–Crippen LogP) is 2.02. The number of aliphatic imine (C=N–C) groups is 1. The molecule has 0 spiro atoms. The van der Waals surface area contributed by atoms with Crippen LogP contribution in [0.3, 0.4) is 0 Å². The fourth-order valence-electron chi connectivity index (χ4n) is 2.01. The number of hydrogen-bond acceptors (Lipinski definition) is 2. The third kappa shape index (κ3) is 5.68. The van der Waals surface area contributed by atoms with E-state index < -0.39 is 0 Å². The first-order valence-corrected chi connectivity index (χ1v) is 6.89. The van der Waals surface area contributed by atoms with E-state index >= 15 is 0 Å². The molecule has 0 saturated heterocycles. The monoisotopic (exact) mass is 393 g/mol. The number of guanidine groups is 1. The Morgan fingerprint density at radius 3 is 2.40 bits per heavy atom. The highest BCUT2D eigenvalue weighted by Crippen LogP contribution is 2.11. The highest BCUT2D eigenvalue weighted by atomic mass is 127. The van der Waals surface area contributed by atoms with Crippen LogP contribution in [0.2, 0.25) is 0 Å². The van der Waals surface area contributed by atoms with Crippen LogP contribution in [-0.2, 0) is 13.5 Å². The van der Waals surface area contributed by atoms with Gasteiger partial charge < -0.3 is 10.6 Å².